The van der Waals surface area contributed by atoms with Gasteiger partial charge in [-0.05, 0) is 56.0 Å². The Balaban J connectivity index is 1.79. The van der Waals surface area contributed by atoms with E-state index >= 15 is 0 Å². The zero-order chi connectivity index (χ0) is 24.0. The molecule has 33 heavy (non-hydrogen) atoms. The average Bonchev–Trinajstić information content (AvgIpc) is 2.80. The first-order valence-corrected chi connectivity index (χ1v) is 11.6. The number of anilines is 1. The lowest BCUT2D eigenvalue weighted by atomic mass is 9.72. The second kappa shape index (κ2) is 10.7. The molecule has 7 nitrogen and oxygen atoms in total. The maximum Gasteiger partial charge on any atom is 0.255 e. The van der Waals surface area contributed by atoms with Crippen molar-refractivity contribution in [3.05, 3.63) is 52.5 Å². The summed E-state index contributed by atoms with van der Waals surface area (Å²) in [7, 11) is 0. The number of imide groups is 1. The maximum absolute atomic E-state index is 12.9. The van der Waals surface area contributed by atoms with Crippen molar-refractivity contribution >= 4 is 35.0 Å². The molecule has 0 aromatic heterocycles. The molecule has 1 atom stereocenters. The summed E-state index contributed by atoms with van der Waals surface area (Å²) in [5.41, 5.74) is 0.978. The van der Waals surface area contributed by atoms with E-state index in [2.05, 4.69) is 10.6 Å². The first-order chi connectivity index (χ1) is 15.8. The lowest BCUT2D eigenvalue weighted by Crippen LogP contribution is -2.51. The average molecular weight is 473 g/mol. The lowest BCUT2D eigenvalue weighted by Gasteiger charge is -2.35. The van der Waals surface area contributed by atoms with Crippen LogP contribution in [0.1, 0.15) is 62.4 Å². The van der Waals surface area contributed by atoms with Crippen LogP contribution in [0.4, 0.5) is 5.69 Å². The number of hydrogen-bond acceptors (Lipinski definition) is 5. The second-order valence-corrected chi connectivity index (χ2v) is 8.32. The van der Waals surface area contributed by atoms with E-state index in [1.807, 2.05) is 32.9 Å². The van der Waals surface area contributed by atoms with Gasteiger partial charge in [-0.25, -0.2) is 0 Å². The number of halogens is 1. The van der Waals surface area contributed by atoms with Gasteiger partial charge in [-0.2, -0.15) is 0 Å². The number of carbonyl (C=O) groups excluding carboxylic acids is 3. The van der Waals surface area contributed by atoms with Gasteiger partial charge in [0.15, 0.2) is 11.5 Å². The SMILES string of the molecule is CCCOc1c(Cl)cc(C(=O)Nc2ccc(C3(CC)CCC(=O)NC3=O)cc2)cc1OCC. The Labute approximate surface area is 198 Å². The van der Waals surface area contributed by atoms with Gasteiger partial charge in [-0.15, -0.1) is 0 Å². The summed E-state index contributed by atoms with van der Waals surface area (Å²) < 4.78 is 11.3. The molecule has 1 aliphatic rings. The Morgan fingerprint density at radius 2 is 1.85 bits per heavy atom. The fourth-order valence-corrected chi connectivity index (χ4v) is 4.21. The number of benzene rings is 2. The summed E-state index contributed by atoms with van der Waals surface area (Å²) in [5, 5.41) is 5.59. The fourth-order valence-electron chi connectivity index (χ4n) is 3.95. The van der Waals surface area contributed by atoms with Crippen LogP contribution >= 0.6 is 11.6 Å². The zero-order valence-electron chi connectivity index (χ0n) is 19.1. The van der Waals surface area contributed by atoms with Gasteiger partial charge in [0.25, 0.3) is 5.91 Å². The Morgan fingerprint density at radius 1 is 1.12 bits per heavy atom. The van der Waals surface area contributed by atoms with Crippen molar-refractivity contribution in [3.8, 4) is 11.5 Å². The Morgan fingerprint density at radius 3 is 2.45 bits per heavy atom. The predicted octanol–water partition coefficient (Wildman–Crippen LogP) is 4.86. The number of amides is 3. The highest BCUT2D eigenvalue weighted by Gasteiger charge is 2.42. The third-order valence-corrected chi connectivity index (χ3v) is 6.07. The summed E-state index contributed by atoms with van der Waals surface area (Å²) in [5.74, 6) is -0.0263. The third kappa shape index (κ3) is 5.30. The van der Waals surface area contributed by atoms with Crippen LogP contribution in [0.15, 0.2) is 36.4 Å². The van der Waals surface area contributed by atoms with Gasteiger partial charge in [0.1, 0.15) is 0 Å². The Bertz CT molecular complexity index is 1040. The maximum atomic E-state index is 12.9. The van der Waals surface area contributed by atoms with E-state index < -0.39 is 5.41 Å². The van der Waals surface area contributed by atoms with E-state index in [1.165, 1.54) is 0 Å². The quantitative estimate of drug-likeness (QED) is 0.508. The number of carbonyl (C=O) groups is 3. The smallest absolute Gasteiger partial charge is 0.255 e. The van der Waals surface area contributed by atoms with Gasteiger partial charge in [0.2, 0.25) is 11.8 Å². The topological polar surface area (TPSA) is 93.7 Å². The molecule has 1 heterocycles. The highest BCUT2D eigenvalue weighted by atomic mass is 35.5. The van der Waals surface area contributed by atoms with Crippen LogP contribution in [0.2, 0.25) is 5.02 Å². The molecule has 0 bridgehead atoms. The molecule has 3 amide bonds. The van der Waals surface area contributed by atoms with Gasteiger partial charge in [0.05, 0.1) is 23.7 Å². The minimum atomic E-state index is -0.745. The molecule has 0 aliphatic carbocycles. The van der Waals surface area contributed by atoms with E-state index in [9.17, 15) is 14.4 Å². The summed E-state index contributed by atoms with van der Waals surface area (Å²) >= 11 is 6.37. The molecule has 1 saturated heterocycles. The molecule has 176 valence electrons. The van der Waals surface area contributed by atoms with Crippen molar-refractivity contribution in [2.45, 2.75) is 51.9 Å². The van der Waals surface area contributed by atoms with Crippen LogP contribution in [0.25, 0.3) is 0 Å². The number of rotatable bonds is 9. The van der Waals surface area contributed by atoms with E-state index in [0.29, 0.717) is 60.2 Å². The van der Waals surface area contributed by atoms with Crippen molar-refractivity contribution in [2.75, 3.05) is 18.5 Å². The van der Waals surface area contributed by atoms with E-state index in [4.69, 9.17) is 21.1 Å². The van der Waals surface area contributed by atoms with E-state index in [-0.39, 0.29) is 17.7 Å². The first kappa shape index (κ1) is 24.6. The zero-order valence-corrected chi connectivity index (χ0v) is 19.9. The van der Waals surface area contributed by atoms with Gasteiger partial charge in [0, 0.05) is 17.7 Å². The molecule has 3 rings (SSSR count). The van der Waals surface area contributed by atoms with Crippen LogP contribution in [0.5, 0.6) is 11.5 Å². The summed E-state index contributed by atoms with van der Waals surface area (Å²) in [6, 6.07) is 10.3. The molecule has 8 heteroatoms. The molecular weight excluding hydrogens is 444 g/mol. The summed E-state index contributed by atoms with van der Waals surface area (Å²) in [6.07, 6.45) is 2.16. The number of hydrogen-bond donors (Lipinski definition) is 2. The number of ether oxygens (including phenoxy) is 2. The van der Waals surface area contributed by atoms with Crippen LogP contribution < -0.4 is 20.1 Å². The van der Waals surface area contributed by atoms with Gasteiger partial charge in [-0.3, -0.25) is 19.7 Å². The standard InChI is InChI=1S/C25H29ClN2O5/c1-4-13-33-22-19(26)14-16(15-20(22)32-6-3)23(30)27-18-9-7-17(8-10-18)25(5-2)12-11-21(29)28-24(25)31/h7-10,14-15H,4-6,11-13H2,1-3H3,(H,27,30)(H,28,29,31). The fraction of sp³-hybridized carbons (Fsp3) is 0.400. The van der Waals surface area contributed by atoms with Crippen LogP contribution in [-0.4, -0.2) is 30.9 Å². The summed E-state index contributed by atoms with van der Waals surface area (Å²) in [6.45, 7) is 6.66. The molecule has 1 aliphatic heterocycles. The largest absolute Gasteiger partial charge is 0.490 e. The van der Waals surface area contributed by atoms with Crippen LogP contribution in [0, 0.1) is 0 Å². The minimum Gasteiger partial charge on any atom is -0.490 e. The normalized spacial score (nSPS) is 17.9. The van der Waals surface area contributed by atoms with E-state index in [1.54, 1.807) is 24.3 Å². The highest BCUT2D eigenvalue weighted by Crippen LogP contribution is 2.38. The molecule has 2 aromatic rings. The number of piperidine rings is 1. The van der Waals surface area contributed by atoms with Gasteiger partial charge < -0.3 is 14.8 Å². The van der Waals surface area contributed by atoms with Crippen molar-refractivity contribution in [2.24, 2.45) is 0 Å². The minimum absolute atomic E-state index is 0.246. The second-order valence-electron chi connectivity index (χ2n) is 7.91. The molecule has 0 radical (unpaired) electrons. The van der Waals surface area contributed by atoms with Crippen LogP contribution in [-0.2, 0) is 15.0 Å². The molecule has 0 saturated carbocycles. The molecule has 2 aromatic carbocycles. The molecule has 1 unspecified atom stereocenters. The molecule has 1 fully saturated rings. The monoisotopic (exact) mass is 472 g/mol. The first-order valence-electron chi connectivity index (χ1n) is 11.2. The van der Waals surface area contributed by atoms with Crippen LogP contribution in [0.3, 0.4) is 0 Å². The van der Waals surface area contributed by atoms with Crippen molar-refractivity contribution in [1.82, 2.24) is 5.32 Å². The summed E-state index contributed by atoms with van der Waals surface area (Å²) in [4.78, 5) is 37.0. The molecular formula is C25H29ClN2O5. The lowest BCUT2D eigenvalue weighted by molar-refractivity contribution is -0.138. The van der Waals surface area contributed by atoms with Gasteiger partial charge >= 0.3 is 0 Å². The van der Waals surface area contributed by atoms with Crippen molar-refractivity contribution < 1.29 is 23.9 Å². The third-order valence-electron chi connectivity index (χ3n) is 5.79. The van der Waals surface area contributed by atoms with Crippen molar-refractivity contribution in [1.29, 1.82) is 0 Å². The van der Waals surface area contributed by atoms with Gasteiger partial charge in [-0.1, -0.05) is 37.6 Å². The predicted molar refractivity (Wildman–Crippen MR) is 127 cm³/mol. The Hall–Kier alpha value is -3.06. The van der Waals surface area contributed by atoms with E-state index in [0.717, 1.165) is 12.0 Å². The highest BCUT2D eigenvalue weighted by molar-refractivity contribution is 6.32. The van der Waals surface area contributed by atoms with Crippen molar-refractivity contribution in [3.63, 3.8) is 0 Å². The molecule has 0 spiro atoms. The number of nitrogens with one attached hydrogen (secondary N) is 2. The molecule has 2 N–H and O–H groups in total. The Kier molecular flexibility index (Phi) is 7.97.